The van der Waals surface area contributed by atoms with Crippen molar-refractivity contribution in [3.8, 4) is 5.75 Å². The van der Waals surface area contributed by atoms with Crippen molar-refractivity contribution in [2.24, 2.45) is 0 Å². The summed E-state index contributed by atoms with van der Waals surface area (Å²) in [6.07, 6.45) is 3.68. The van der Waals surface area contributed by atoms with Crippen molar-refractivity contribution in [3.63, 3.8) is 0 Å². The number of benzene rings is 2. The summed E-state index contributed by atoms with van der Waals surface area (Å²) in [7, 11) is 0. The van der Waals surface area contributed by atoms with Crippen LogP contribution in [0.4, 0.5) is 0 Å². The van der Waals surface area contributed by atoms with Gasteiger partial charge in [0.25, 0.3) is 0 Å². The second-order valence-corrected chi connectivity index (χ2v) is 6.94. The van der Waals surface area contributed by atoms with Crippen LogP contribution < -0.4 is 10.1 Å². The summed E-state index contributed by atoms with van der Waals surface area (Å²) in [4.78, 5) is 0. The van der Waals surface area contributed by atoms with Crippen LogP contribution in [0.2, 0.25) is 0 Å². The Morgan fingerprint density at radius 3 is 2.12 bits per heavy atom. The average molecular weight is 327 g/mol. The molecule has 0 aliphatic rings. The number of unbranched alkanes of at least 4 members (excludes halogenated alkanes) is 1. The summed E-state index contributed by atoms with van der Waals surface area (Å²) in [5.74, 6) is 0.969. The van der Waals surface area contributed by atoms with Crippen molar-refractivity contribution in [3.05, 3.63) is 65.7 Å². The quantitative estimate of drug-likeness (QED) is 0.652. The minimum atomic E-state index is 0.00796. The van der Waals surface area contributed by atoms with Crippen molar-refractivity contribution < 1.29 is 10.1 Å². The fourth-order valence-electron chi connectivity index (χ4n) is 2.90. The molecule has 0 aliphatic carbocycles. The van der Waals surface area contributed by atoms with Crippen molar-refractivity contribution in [2.75, 3.05) is 19.7 Å². The van der Waals surface area contributed by atoms with Gasteiger partial charge in [-0.05, 0) is 29.7 Å². The lowest BCUT2D eigenvalue weighted by Crippen LogP contribution is -2.84. The third-order valence-electron chi connectivity index (χ3n) is 4.65. The lowest BCUT2D eigenvalue weighted by atomic mass is 9.78. The van der Waals surface area contributed by atoms with Gasteiger partial charge in [0.2, 0.25) is 0 Å². The summed E-state index contributed by atoms with van der Waals surface area (Å²) >= 11 is 0. The minimum Gasteiger partial charge on any atom is -0.493 e. The Hall–Kier alpha value is -1.80. The number of quaternary nitrogens is 1. The van der Waals surface area contributed by atoms with Crippen LogP contribution in [0.1, 0.15) is 51.2 Å². The average Bonchev–Trinajstić information content (AvgIpc) is 2.62. The highest BCUT2D eigenvalue weighted by molar-refractivity contribution is 5.39. The zero-order chi connectivity index (χ0) is 17.3. The molecule has 0 saturated carbocycles. The summed E-state index contributed by atoms with van der Waals surface area (Å²) in [6, 6.07) is 19.2. The van der Waals surface area contributed by atoms with E-state index in [1.165, 1.54) is 30.5 Å². The number of nitrogens with two attached hydrogens (primary N) is 1. The molecule has 2 N–H and O–H groups in total. The fourth-order valence-corrected chi connectivity index (χ4v) is 2.90. The van der Waals surface area contributed by atoms with Crippen LogP contribution in [0.3, 0.4) is 0 Å². The van der Waals surface area contributed by atoms with Crippen LogP contribution >= 0.6 is 0 Å². The van der Waals surface area contributed by atoms with Crippen LogP contribution in [-0.4, -0.2) is 19.7 Å². The Bertz CT molecular complexity index is 575. The van der Waals surface area contributed by atoms with Crippen LogP contribution in [0.15, 0.2) is 54.6 Å². The number of hydrogen-bond donors (Lipinski definition) is 1. The third-order valence-corrected chi connectivity index (χ3v) is 4.65. The first-order valence-electron chi connectivity index (χ1n) is 9.25. The van der Waals surface area contributed by atoms with Crippen molar-refractivity contribution in [1.29, 1.82) is 0 Å². The molecule has 0 amide bonds. The summed E-state index contributed by atoms with van der Waals surface area (Å²) < 4.78 is 5.87. The van der Waals surface area contributed by atoms with E-state index >= 15 is 0 Å². The Labute approximate surface area is 147 Å². The molecule has 0 saturated heterocycles. The van der Waals surface area contributed by atoms with E-state index in [0.29, 0.717) is 0 Å². The highest BCUT2D eigenvalue weighted by Crippen LogP contribution is 2.32. The zero-order valence-electron chi connectivity index (χ0n) is 15.4. The fraction of sp³-hybridized carbons (Fsp3) is 0.455. The largest absolute Gasteiger partial charge is 0.493 e. The first-order valence-corrected chi connectivity index (χ1v) is 9.25. The van der Waals surface area contributed by atoms with E-state index in [4.69, 9.17) is 4.74 Å². The number of rotatable bonds is 10. The molecule has 0 bridgehead atoms. The molecule has 24 heavy (non-hydrogen) atoms. The van der Waals surface area contributed by atoms with Gasteiger partial charge in [-0.3, -0.25) is 0 Å². The molecule has 0 heterocycles. The van der Waals surface area contributed by atoms with E-state index in [2.05, 4.69) is 80.7 Å². The molecule has 0 fully saturated rings. The lowest BCUT2D eigenvalue weighted by molar-refractivity contribution is -0.655. The minimum absolute atomic E-state index is 0.00796. The first-order chi connectivity index (χ1) is 11.6. The zero-order valence-corrected chi connectivity index (χ0v) is 15.4. The van der Waals surface area contributed by atoms with E-state index < -0.39 is 0 Å². The van der Waals surface area contributed by atoms with Gasteiger partial charge in [0.15, 0.2) is 0 Å². The van der Waals surface area contributed by atoms with Gasteiger partial charge < -0.3 is 10.1 Å². The SMILES string of the molecule is CCCC[NH2+]CCCOc1ccc(C(C)(C)c2ccccc2)cc1. The second-order valence-electron chi connectivity index (χ2n) is 6.94. The maximum atomic E-state index is 5.87. The topological polar surface area (TPSA) is 25.8 Å². The van der Waals surface area contributed by atoms with Gasteiger partial charge in [0.1, 0.15) is 5.75 Å². The summed E-state index contributed by atoms with van der Waals surface area (Å²) in [5, 5.41) is 2.39. The Morgan fingerprint density at radius 1 is 0.833 bits per heavy atom. The number of ether oxygens (including phenoxy) is 1. The number of hydrogen-bond acceptors (Lipinski definition) is 1. The molecule has 0 spiro atoms. The molecule has 2 nitrogen and oxygen atoms in total. The van der Waals surface area contributed by atoms with Crippen molar-refractivity contribution in [2.45, 2.75) is 45.4 Å². The predicted octanol–water partition coefficient (Wildman–Crippen LogP) is 4.14. The molecular weight excluding hydrogens is 294 g/mol. The second kappa shape index (κ2) is 9.48. The smallest absolute Gasteiger partial charge is 0.119 e. The van der Waals surface area contributed by atoms with Gasteiger partial charge in [-0.25, -0.2) is 0 Å². The molecular formula is C22H32NO+. The summed E-state index contributed by atoms with van der Waals surface area (Å²) in [5.41, 5.74) is 2.66. The predicted molar refractivity (Wildman–Crippen MR) is 102 cm³/mol. The van der Waals surface area contributed by atoms with Crippen LogP contribution in [0.25, 0.3) is 0 Å². The molecule has 0 aromatic heterocycles. The van der Waals surface area contributed by atoms with E-state index in [1.807, 2.05) is 0 Å². The molecule has 2 rings (SSSR count). The lowest BCUT2D eigenvalue weighted by Gasteiger charge is -2.26. The summed E-state index contributed by atoms with van der Waals surface area (Å²) in [6.45, 7) is 9.96. The van der Waals surface area contributed by atoms with E-state index in [0.717, 1.165) is 25.3 Å². The molecule has 0 atom stereocenters. The molecule has 2 aromatic carbocycles. The molecule has 2 heteroatoms. The monoisotopic (exact) mass is 326 g/mol. The van der Waals surface area contributed by atoms with Crippen LogP contribution in [0.5, 0.6) is 5.75 Å². The van der Waals surface area contributed by atoms with Crippen molar-refractivity contribution >= 4 is 0 Å². The highest BCUT2D eigenvalue weighted by atomic mass is 16.5. The Kier molecular flexibility index (Phi) is 7.33. The van der Waals surface area contributed by atoms with Gasteiger partial charge in [-0.15, -0.1) is 0 Å². The Morgan fingerprint density at radius 2 is 1.46 bits per heavy atom. The van der Waals surface area contributed by atoms with E-state index in [1.54, 1.807) is 0 Å². The normalized spacial score (nSPS) is 11.5. The molecule has 2 aromatic rings. The third kappa shape index (κ3) is 5.38. The highest BCUT2D eigenvalue weighted by Gasteiger charge is 2.22. The first kappa shape index (κ1) is 18.5. The maximum absolute atomic E-state index is 5.87. The van der Waals surface area contributed by atoms with Crippen molar-refractivity contribution in [1.82, 2.24) is 0 Å². The van der Waals surface area contributed by atoms with E-state index in [9.17, 15) is 0 Å². The standard InChI is InChI=1S/C22H31NO/c1-4-5-16-23-17-9-18-24-21-14-12-20(13-15-21)22(2,3)19-10-7-6-8-11-19/h6-8,10-15,23H,4-5,9,16-18H2,1-3H3/p+1. The Balaban J connectivity index is 1.82. The van der Waals surface area contributed by atoms with Crippen LogP contribution in [0, 0.1) is 0 Å². The van der Waals surface area contributed by atoms with Crippen LogP contribution in [-0.2, 0) is 5.41 Å². The van der Waals surface area contributed by atoms with Gasteiger partial charge in [0, 0.05) is 11.8 Å². The maximum Gasteiger partial charge on any atom is 0.119 e. The molecule has 0 aliphatic heterocycles. The van der Waals surface area contributed by atoms with Gasteiger partial charge in [0.05, 0.1) is 19.7 Å². The van der Waals surface area contributed by atoms with Gasteiger partial charge >= 0.3 is 0 Å². The van der Waals surface area contributed by atoms with E-state index in [-0.39, 0.29) is 5.41 Å². The molecule has 0 radical (unpaired) electrons. The molecule has 0 unspecified atom stereocenters. The van der Waals surface area contributed by atoms with Gasteiger partial charge in [-0.1, -0.05) is 69.7 Å². The molecule has 130 valence electrons. The van der Waals surface area contributed by atoms with Gasteiger partial charge in [-0.2, -0.15) is 0 Å².